The zero-order valence-corrected chi connectivity index (χ0v) is 21.0. The van der Waals surface area contributed by atoms with Crippen LogP contribution in [0.4, 0.5) is 4.79 Å². The van der Waals surface area contributed by atoms with Crippen molar-refractivity contribution < 1.29 is 28.7 Å². The predicted molar refractivity (Wildman–Crippen MR) is 129 cm³/mol. The third-order valence-corrected chi connectivity index (χ3v) is 4.64. The molecule has 0 aromatic heterocycles. The van der Waals surface area contributed by atoms with Gasteiger partial charge in [0.25, 0.3) is 0 Å². The average Bonchev–Trinajstić information content (AvgIpc) is 2.72. The van der Waals surface area contributed by atoms with Crippen LogP contribution in [0.3, 0.4) is 0 Å². The van der Waals surface area contributed by atoms with Crippen LogP contribution < -0.4 is 10.6 Å². The van der Waals surface area contributed by atoms with Crippen molar-refractivity contribution in [3.63, 3.8) is 0 Å². The van der Waals surface area contributed by atoms with Gasteiger partial charge in [0.2, 0.25) is 11.8 Å². The minimum absolute atomic E-state index is 0.00871. The molecule has 34 heavy (non-hydrogen) atoms. The first-order chi connectivity index (χ1) is 15.9. The van der Waals surface area contributed by atoms with Crippen LogP contribution in [0, 0.1) is 13.8 Å². The van der Waals surface area contributed by atoms with Gasteiger partial charge in [0.05, 0.1) is 13.0 Å². The van der Waals surface area contributed by atoms with Gasteiger partial charge >= 0.3 is 12.1 Å². The van der Waals surface area contributed by atoms with Gasteiger partial charge in [-0.2, -0.15) is 0 Å². The van der Waals surface area contributed by atoms with Gasteiger partial charge in [-0.05, 0) is 52.7 Å². The summed E-state index contributed by atoms with van der Waals surface area (Å²) in [5.41, 5.74) is 1.75. The van der Waals surface area contributed by atoms with Gasteiger partial charge in [-0.15, -0.1) is 6.58 Å². The lowest BCUT2D eigenvalue weighted by Crippen LogP contribution is -2.48. The van der Waals surface area contributed by atoms with Crippen LogP contribution in [0.5, 0.6) is 0 Å². The molecule has 0 saturated carbocycles. The van der Waals surface area contributed by atoms with Gasteiger partial charge in [0, 0.05) is 13.1 Å². The maximum atomic E-state index is 13.3. The van der Waals surface area contributed by atoms with Gasteiger partial charge < -0.3 is 25.0 Å². The van der Waals surface area contributed by atoms with E-state index >= 15 is 0 Å². The van der Waals surface area contributed by atoms with Crippen molar-refractivity contribution in [2.24, 2.45) is 0 Å². The van der Waals surface area contributed by atoms with E-state index in [4.69, 9.17) is 9.47 Å². The molecule has 0 heterocycles. The minimum atomic E-state index is -0.992. The molecule has 1 aromatic carbocycles. The molecule has 0 spiro atoms. The molecule has 0 fully saturated rings. The molecule has 1 unspecified atom stereocenters. The van der Waals surface area contributed by atoms with Crippen molar-refractivity contribution >= 4 is 23.9 Å². The summed E-state index contributed by atoms with van der Waals surface area (Å²) in [6.07, 6.45) is 0.782. The van der Waals surface area contributed by atoms with E-state index in [0.717, 1.165) is 11.1 Å². The lowest BCUT2D eigenvalue weighted by molar-refractivity contribution is -0.143. The largest absolute Gasteiger partial charge is 0.466 e. The Morgan fingerprint density at radius 2 is 1.82 bits per heavy atom. The SMILES string of the molecule is C=CCN(C(=O)CNC(=O)OC(C)(C)C)C(C(=O)NCCC(=O)OCC)c1ccc(C)cc1C. The fourth-order valence-electron chi connectivity index (χ4n) is 3.25. The van der Waals surface area contributed by atoms with Crippen molar-refractivity contribution in [1.29, 1.82) is 0 Å². The number of aryl methyl sites for hydroxylation is 2. The second kappa shape index (κ2) is 13.4. The summed E-state index contributed by atoms with van der Waals surface area (Å²) in [5.74, 6) is -1.37. The molecule has 0 radical (unpaired) electrons. The molecule has 0 aliphatic heterocycles. The number of nitrogens with one attached hydrogen (secondary N) is 2. The molecular weight excluding hydrogens is 438 g/mol. The molecule has 9 nitrogen and oxygen atoms in total. The molecule has 0 aliphatic carbocycles. The Balaban J connectivity index is 3.15. The Hall–Kier alpha value is -3.36. The molecule has 1 atom stereocenters. The van der Waals surface area contributed by atoms with E-state index < -0.39 is 35.5 Å². The first-order valence-corrected chi connectivity index (χ1v) is 11.3. The molecular formula is C25H37N3O6. The fourth-order valence-corrected chi connectivity index (χ4v) is 3.25. The lowest BCUT2D eigenvalue weighted by atomic mass is 9.97. The quantitative estimate of drug-likeness (QED) is 0.376. The third-order valence-electron chi connectivity index (χ3n) is 4.64. The van der Waals surface area contributed by atoms with E-state index in [2.05, 4.69) is 17.2 Å². The summed E-state index contributed by atoms with van der Waals surface area (Å²) in [5, 5.41) is 5.16. The highest BCUT2D eigenvalue weighted by Crippen LogP contribution is 2.25. The number of hydrogen-bond acceptors (Lipinski definition) is 6. The highest BCUT2D eigenvalue weighted by Gasteiger charge is 2.32. The lowest BCUT2D eigenvalue weighted by Gasteiger charge is -2.31. The van der Waals surface area contributed by atoms with Gasteiger partial charge in [-0.1, -0.05) is 29.8 Å². The number of nitrogens with zero attached hydrogens (tertiary/aromatic N) is 1. The highest BCUT2D eigenvalue weighted by atomic mass is 16.6. The number of benzene rings is 1. The van der Waals surface area contributed by atoms with Crippen LogP contribution in [0.15, 0.2) is 30.9 Å². The number of carbonyl (C=O) groups excluding carboxylic acids is 4. The smallest absolute Gasteiger partial charge is 0.408 e. The number of amides is 3. The number of esters is 1. The second-order valence-corrected chi connectivity index (χ2v) is 8.80. The molecule has 2 N–H and O–H groups in total. The normalized spacial score (nSPS) is 11.7. The third kappa shape index (κ3) is 9.64. The zero-order valence-electron chi connectivity index (χ0n) is 21.0. The molecule has 9 heteroatoms. The Morgan fingerprint density at radius 3 is 2.38 bits per heavy atom. The summed E-state index contributed by atoms with van der Waals surface area (Å²) < 4.78 is 10.1. The summed E-state index contributed by atoms with van der Waals surface area (Å²) >= 11 is 0. The summed E-state index contributed by atoms with van der Waals surface area (Å²) in [6.45, 7) is 14.4. The standard InChI is InChI=1S/C25H37N3O6/c1-8-14-28(20(29)16-27-24(32)34-25(5,6)7)22(19-11-10-17(3)15-18(19)4)23(31)26-13-12-21(30)33-9-2/h8,10-11,15,22H,1,9,12-14,16H2,2-7H3,(H,26,31)(H,27,32). The van der Waals surface area contributed by atoms with E-state index in [1.165, 1.54) is 11.0 Å². The van der Waals surface area contributed by atoms with E-state index in [0.29, 0.717) is 5.56 Å². The zero-order chi connectivity index (χ0) is 25.9. The molecule has 0 saturated heterocycles. The molecule has 188 valence electrons. The van der Waals surface area contributed by atoms with Gasteiger partial charge in [0.15, 0.2) is 0 Å². The summed E-state index contributed by atoms with van der Waals surface area (Å²) in [6, 6.07) is 4.58. The van der Waals surface area contributed by atoms with Crippen molar-refractivity contribution in [1.82, 2.24) is 15.5 Å². The van der Waals surface area contributed by atoms with Gasteiger partial charge in [0.1, 0.15) is 18.2 Å². The van der Waals surface area contributed by atoms with Crippen LogP contribution in [-0.2, 0) is 23.9 Å². The molecule has 3 amide bonds. The van der Waals surface area contributed by atoms with Crippen LogP contribution >= 0.6 is 0 Å². The van der Waals surface area contributed by atoms with E-state index in [1.807, 2.05) is 26.0 Å². The van der Waals surface area contributed by atoms with E-state index in [1.54, 1.807) is 33.8 Å². The van der Waals surface area contributed by atoms with E-state index in [-0.39, 0.29) is 32.7 Å². The maximum Gasteiger partial charge on any atom is 0.408 e. The number of hydrogen-bond donors (Lipinski definition) is 2. The predicted octanol–water partition coefficient (Wildman–Crippen LogP) is 2.95. The molecule has 1 aromatic rings. The summed E-state index contributed by atoms with van der Waals surface area (Å²) in [4.78, 5) is 51.4. The van der Waals surface area contributed by atoms with Crippen LogP contribution in [-0.4, -0.2) is 60.6 Å². The number of rotatable bonds is 11. The average molecular weight is 476 g/mol. The Bertz CT molecular complexity index is 891. The molecule has 1 rings (SSSR count). The van der Waals surface area contributed by atoms with Crippen molar-refractivity contribution in [3.8, 4) is 0 Å². The Morgan fingerprint density at radius 1 is 1.15 bits per heavy atom. The maximum absolute atomic E-state index is 13.3. The first kappa shape index (κ1) is 28.7. The van der Waals surface area contributed by atoms with Crippen molar-refractivity contribution in [3.05, 3.63) is 47.5 Å². The number of carbonyl (C=O) groups is 4. The molecule has 0 bridgehead atoms. The van der Waals surface area contributed by atoms with Crippen LogP contribution in [0.2, 0.25) is 0 Å². The number of ether oxygens (including phenoxy) is 2. The van der Waals surface area contributed by atoms with Gasteiger partial charge in [-0.3, -0.25) is 14.4 Å². The highest BCUT2D eigenvalue weighted by molar-refractivity contribution is 5.91. The van der Waals surface area contributed by atoms with Crippen LogP contribution in [0.25, 0.3) is 0 Å². The topological polar surface area (TPSA) is 114 Å². The number of alkyl carbamates (subject to hydrolysis) is 1. The Kier molecular flexibility index (Phi) is 11.3. The fraction of sp³-hybridized carbons (Fsp3) is 0.520. The van der Waals surface area contributed by atoms with E-state index in [9.17, 15) is 19.2 Å². The first-order valence-electron chi connectivity index (χ1n) is 11.3. The van der Waals surface area contributed by atoms with Gasteiger partial charge in [-0.25, -0.2) is 4.79 Å². The Labute approximate surface area is 201 Å². The minimum Gasteiger partial charge on any atom is -0.466 e. The second-order valence-electron chi connectivity index (χ2n) is 8.80. The summed E-state index contributed by atoms with van der Waals surface area (Å²) in [7, 11) is 0. The van der Waals surface area contributed by atoms with Crippen LogP contribution in [0.1, 0.15) is 56.8 Å². The molecule has 0 aliphatic rings. The van der Waals surface area contributed by atoms with Crippen molar-refractivity contribution in [2.45, 2.75) is 59.6 Å². The van der Waals surface area contributed by atoms with Crippen molar-refractivity contribution in [2.75, 3.05) is 26.2 Å². The monoisotopic (exact) mass is 475 g/mol.